The van der Waals surface area contributed by atoms with E-state index in [9.17, 15) is 4.79 Å². The summed E-state index contributed by atoms with van der Waals surface area (Å²) in [6.45, 7) is 3.78. The van der Waals surface area contributed by atoms with Gasteiger partial charge in [0.25, 0.3) is 0 Å². The van der Waals surface area contributed by atoms with Crippen LogP contribution in [0.5, 0.6) is 0 Å². The first kappa shape index (κ1) is 14.3. The largest absolute Gasteiger partial charge is 0.294 e. The number of hydrogen-bond acceptors (Lipinski definition) is 1. The summed E-state index contributed by atoms with van der Waals surface area (Å²) in [5, 5.41) is 0. The first-order valence-electron chi connectivity index (χ1n) is 7.05. The minimum Gasteiger partial charge on any atom is -0.294 e. The molecule has 0 spiro atoms. The number of Topliss-reactive ketones (excluding diaryl/α,β-unsaturated/α-hetero) is 1. The fourth-order valence-corrected chi connectivity index (χ4v) is 2.38. The number of benzene rings is 2. The summed E-state index contributed by atoms with van der Waals surface area (Å²) >= 11 is 0. The molecule has 0 heterocycles. The van der Waals surface area contributed by atoms with Crippen LogP contribution in [0, 0.1) is 5.92 Å². The first-order chi connectivity index (χ1) is 9.81. The van der Waals surface area contributed by atoms with E-state index in [0.717, 1.165) is 24.8 Å². The van der Waals surface area contributed by atoms with E-state index in [1.165, 1.54) is 5.56 Å². The van der Waals surface area contributed by atoms with Crippen LogP contribution in [0.4, 0.5) is 0 Å². The summed E-state index contributed by atoms with van der Waals surface area (Å²) in [5.74, 6) is 0.247. The van der Waals surface area contributed by atoms with Crippen molar-refractivity contribution in [3.05, 3.63) is 84.4 Å². The Morgan fingerprint density at radius 1 is 1.00 bits per heavy atom. The molecule has 0 aliphatic heterocycles. The lowest BCUT2D eigenvalue weighted by atomic mass is 9.89. The quantitative estimate of drug-likeness (QED) is 0.523. The maximum Gasteiger partial charge on any atom is 0.166 e. The van der Waals surface area contributed by atoms with Crippen LogP contribution < -0.4 is 0 Å². The summed E-state index contributed by atoms with van der Waals surface area (Å²) in [6, 6.07) is 19.8. The fraction of sp³-hybridized carbons (Fsp3) is 0.211. The van der Waals surface area contributed by atoms with Gasteiger partial charge in [-0.2, -0.15) is 0 Å². The molecular formula is C19H20O. The zero-order valence-electron chi connectivity index (χ0n) is 11.7. The van der Waals surface area contributed by atoms with E-state index in [0.29, 0.717) is 0 Å². The molecule has 2 aromatic rings. The van der Waals surface area contributed by atoms with Crippen LogP contribution in [0.15, 0.2) is 73.3 Å². The monoisotopic (exact) mass is 264 g/mol. The van der Waals surface area contributed by atoms with E-state index in [1.807, 2.05) is 54.6 Å². The minimum atomic E-state index is 0.0232. The van der Waals surface area contributed by atoms with Crippen molar-refractivity contribution in [3.63, 3.8) is 0 Å². The lowest BCUT2D eigenvalue weighted by molar-refractivity contribution is 0.0914. The maximum atomic E-state index is 12.5. The molecule has 0 radical (unpaired) electrons. The lowest BCUT2D eigenvalue weighted by Crippen LogP contribution is -2.15. The van der Waals surface area contributed by atoms with Gasteiger partial charge in [0.1, 0.15) is 0 Å². The Balaban J connectivity index is 2.03. The van der Waals surface area contributed by atoms with Crippen molar-refractivity contribution in [1.82, 2.24) is 0 Å². The molecule has 0 aliphatic rings. The number of allylic oxidation sites excluding steroid dienone is 1. The number of aryl methyl sites for hydroxylation is 1. The molecule has 20 heavy (non-hydrogen) atoms. The van der Waals surface area contributed by atoms with Gasteiger partial charge in [-0.3, -0.25) is 4.79 Å². The van der Waals surface area contributed by atoms with E-state index in [4.69, 9.17) is 0 Å². The van der Waals surface area contributed by atoms with Gasteiger partial charge in [0.05, 0.1) is 0 Å². The van der Waals surface area contributed by atoms with E-state index >= 15 is 0 Å². The molecule has 0 bridgehead atoms. The molecule has 0 N–H and O–H groups in total. The van der Waals surface area contributed by atoms with Crippen molar-refractivity contribution in [3.8, 4) is 0 Å². The highest BCUT2D eigenvalue weighted by Gasteiger charge is 2.18. The summed E-state index contributed by atoms with van der Waals surface area (Å²) in [5.41, 5.74) is 2.08. The average molecular weight is 264 g/mol. The van der Waals surface area contributed by atoms with Gasteiger partial charge in [-0.25, -0.2) is 0 Å². The van der Waals surface area contributed by atoms with Gasteiger partial charge in [-0.1, -0.05) is 66.7 Å². The summed E-state index contributed by atoms with van der Waals surface area (Å²) in [7, 11) is 0. The Labute approximate surface area is 121 Å². The molecule has 0 fully saturated rings. The van der Waals surface area contributed by atoms with Crippen LogP contribution in [0.1, 0.15) is 28.8 Å². The third-order valence-corrected chi connectivity index (χ3v) is 3.50. The second-order valence-electron chi connectivity index (χ2n) is 4.98. The number of rotatable bonds is 7. The number of hydrogen-bond donors (Lipinski definition) is 0. The maximum absolute atomic E-state index is 12.5. The molecule has 1 unspecified atom stereocenters. The van der Waals surface area contributed by atoms with Gasteiger partial charge in [-0.05, 0) is 24.8 Å². The predicted octanol–water partition coefficient (Wildman–Crippen LogP) is 4.69. The lowest BCUT2D eigenvalue weighted by Gasteiger charge is -2.14. The third kappa shape index (κ3) is 3.92. The molecule has 1 heteroatoms. The van der Waals surface area contributed by atoms with Gasteiger partial charge in [0, 0.05) is 11.5 Å². The van der Waals surface area contributed by atoms with E-state index < -0.39 is 0 Å². The fourth-order valence-electron chi connectivity index (χ4n) is 2.38. The highest BCUT2D eigenvalue weighted by Crippen LogP contribution is 2.19. The minimum absolute atomic E-state index is 0.0232. The van der Waals surface area contributed by atoms with Gasteiger partial charge in [0.15, 0.2) is 5.78 Å². The smallest absolute Gasteiger partial charge is 0.166 e. The second kappa shape index (κ2) is 7.44. The second-order valence-corrected chi connectivity index (χ2v) is 4.98. The molecule has 1 nitrogen and oxygen atoms in total. The molecule has 2 aromatic carbocycles. The molecule has 0 aliphatic carbocycles. The van der Waals surface area contributed by atoms with Crippen molar-refractivity contribution in [1.29, 1.82) is 0 Å². The number of carbonyl (C=O) groups is 1. The summed E-state index contributed by atoms with van der Waals surface area (Å²) in [6.07, 6.45) is 4.37. The predicted molar refractivity (Wildman–Crippen MR) is 83.8 cm³/mol. The standard InChI is InChI=1S/C19H20O/c1-2-9-17(15-14-16-10-5-3-6-11-16)19(20)18-12-7-4-8-13-18/h2-8,10-13,17H,1,9,14-15H2. The molecule has 0 saturated carbocycles. The molecule has 0 amide bonds. The molecule has 102 valence electrons. The van der Waals surface area contributed by atoms with E-state index in [1.54, 1.807) is 0 Å². The van der Waals surface area contributed by atoms with Crippen LogP contribution in [-0.4, -0.2) is 5.78 Å². The SMILES string of the molecule is C=CCC(CCc1ccccc1)C(=O)c1ccccc1. The van der Waals surface area contributed by atoms with Crippen LogP contribution in [0.3, 0.4) is 0 Å². The molecule has 0 saturated heterocycles. The molecular weight excluding hydrogens is 244 g/mol. The topological polar surface area (TPSA) is 17.1 Å². The van der Waals surface area contributed by atoms with Crippen LogP contribution in [-0.2, 0) is 6.42 Å². The van der Waals surface area contributed by atoms with Gasteiger partial charge >= 0.3 is 0 Å². The Hall–Kier alpha value is -2.15. The third-order valence-electron chi connectivity index (χ3n) is 3.50. The number of carbonyl (C=O) groups excluding carboxylic acids is 1. The Morgan fingerprint density at radius 3 is 2.20 bits per heavy atom. The van der Waals surface area contributed by atoms with Crippen LogP contribution in [0.2, 0.25) is 0 Å². The molecule has 0 aromatic heterocycles. The van der Waals surface area contributed by atoms with Crippen molar-refractivity contribution in [2.45, 2.75) is 19.3 Å². The zero-order chi connectivity index (χ0) is 14.2. The highest BCUT2D eigenvalue weighted by molar-refractivity contribution is 5.97. The van der Waals surface area contributed by atoms with Crippen molar-refractivity contribution >= 4 is 5.78 Å². The van der Waals surface area contributed by atoms with Crippen molar-refractivity contribution < 1.29 is 4.79 Å². The Kier molecular flexibility index (Phi) is 5.31. The normalized spacial score (nSPS) is 11.8. The average Bonchev–Trinajstić information content (AvgIpc) is 2.52. The van der Waals surface area contributed by atoms with Gasteiger partial charge in [0.2, 0.25) is 0 Å². The summed E-state index contributed by atoms with van der Waals surface area (Å²) in [4.78, 5) is 12.5. The van der Waals surface area contributed by atoms with Gasteiger partial charge < -0.3 is 0 Å². The van der Waals surface area contributed by atoms with Crippen molar-refractivity contribution in [2.24, 2.45) is 5.92 Å². The highest BCUT2D eigenvalue weighted by atomic mass is 16.1. The van der Waals surface area contributed by atoms with E-state index in [-0.39, 0.29) is 11.7 Å². The van der Waals surface area contributed by atoms with Gasteiger partial charge in [-0.15, -0.1) is 6.58 Å². The zero-order valence-corrected chi connectivity index (χ0v) is 11.7. The molecule has 2 rings (SSSR count). The van der Waals surface area contributed by atoms with E-state index in [2.05, 4.69) is 18.7 Å². The van der Waals surface area contributed by atoms with Crippen molar-refractivity contribution in [2.75, 3.05) is 0 Å². The first-order valence-corrected chi connectivity index (χ1v) is 7.05. The van der Waals surface area contributed by atoms with Crippen LogP contribution >= 0.6 is 0 Å². The Bertz CT molecular complexity index is 542. The summed E-state index contributed by atoms with van der Waals surface area (Å²) < 4.78 is 0. The van der Waals surface area contributed by atoms with Crippen LogP contribution in [0.25, 0.3) is 0 Å². The number of ketones is 1. The molecule has 1 atom stereocenters. The Morgan fingerprint density at radius 2 is 1.60 bits per heavy atom.